The van der Waals surface area contributed by atoms with Crippen LogP contribution in [0.4, 0.5) is 0 Å². The standard InChI is InChI=1S/C14H22BrNO3/c1-10(2)18-8-12(17)9-19-14-11(7-16-3)5-4-6-13(14)15/h4-6,10,12,16-17H,7-9H2,1-3H3. The fraction of sp³-hybridized carbons (Fsp3) is 0.571. The Morgan fingerprint density at radius 3 is 2.68 bits per heavy atom. The molecule has 5 heteroatoms. The molecule has 0 saturated carbocycles. The average Bonchev–Trinajstić information content (AvgIpc) is 2.36. The van der Waals surface area contributed by atoms with Crippen LogP contribution < -0.4 is 10.1 Å². The first-order valence-electron chi connectivity index (χ1n) is 6.39. The van der Waals surface area contributed by atoms with Crippen LogP contribution in [0.3, 0.4) is 0 Å². The maximum Gasteiger partial charge on any atom is 0.138 e. The first kappa shape index (κ1) is 16.4. The summed E-state index contributed by atoms with van der Waals surface area (Å²) in [5.74, 6) is 0.764. The number of ether oxygens (including phenoxy) is 2. The predicted molar refractivity (Wildman–Crippen MR) is 79.5 cm³/mol. The van der Waals surface area contributed by atoms with Gasteiger partial charge in [-0.05, 0) is 42.9 Å². The summed E-state index contributed by atoms with van der Waals surface area (Å²) in [5, 5.41) is 12.9. The first-order chi connectivity index (χ1) is 9.04. The van der Waals surface area contributed by atoms with Gasteiger partial charge in [0.1, 0.15) is 18.5 Å². The molecule has 0 bridgehead atoms. The second-order valence-electron chi connectivity index (χ2n) is 4.61. The Labute approximate surface area is 123 Å². The number of hydrogen-bond donors (Lipinski definition) is 2. The third-order valence-corrected chi connectivity index (χ3v) is 3.08. The topological polar surface area (TPSA) is 50.7 Å². The van der Waals surface area contributed by atoms with Gasteiger partial charge in [-0.2, -0.15) is 0 Å². The Morgan fingerprint density at radius 1 is 1.32 bits per heavy atom. The highest BCUT2D eigenvalue weighted by Gasteiger charge is 2.11. The molecule has 0 radical (unpaired) electrons. The van der Waals surface area contributed by atoms with Crippen LogP contribution >= 0.6 is 15.9 Å². The summed E-state index contributed by atoms with van der Waals surface area (Å²) in [5.41, 5.74) is 1.05. The lowest BCUT2D eigenvalue weighted by molar-refractivity contribution is -0.0125. The van der Waals surface area contributed by atoms with Crippen molar-refractivity contribution in [3.8, 4) is 5.75 Å². The second kappa shape index (κ2) is 8.53. The number of aliphatic hydroxyl groups is 1. The zero-order valence-electron chi connectivity index (χ0n) is 11.6. The maximum absolute atomic E-state index is 9.79. The van der Waals surface area contributed by atoms with E-state index in [2.05, 4.69) is 21.2 Å². The van der Waals surface area contributed by atoms with E-state index in [1.54, 1.807) is 0 Å². The van der Waals surface area contributed by atoms with Gasteiger partial charge in [-0.3, -0.25) is 0 Å². The van der Waals surface area contributed by atoms with Crippen LogP contribution in [0.15, 0.2) is 22.7 Å². The summed E-state index contributed by atoms with van der Waals surface area (Å²) in [6, 6.07) is 5.88. The third kappa shape index (κ3) is 5.91. The van der Waals surface area contributed by atoms with E-state index in [0.717, 1.165) is 15.8 Å². The molecule has 108 valence electrons. The number of halogens is 1. The van der Waals surface area contributed by atoms with Crippen LogP contribution in [0.25, 0.3) is 0 Å². The van der Waals surface area contributed by atoms with Crippen molar-refractivity contribution in [1.29, 1.82) is 0 Å². The Morgan fingerprint density at radius 2 is 2.05 bits per heavy atom. The minimum absolute atomic E-state index is 0.109. The van der Waals surface area contributed by atoms with Crippen LogP contribution in [0.2, 0.25) is 0 Å². The van der Waals surface area contributed by atoms with Crippen molar-refractivity contribution < 1.29 is 14.6 Å². The van der Waals surface area contributed by atoms with Gasteiger partial charge in [0.25, 0.3) is 0 Å². The number of para-hydroxylation sites is 1. The molecule has 0 heterocycles. The molecule has 0 aromatic heterocycles. The lowest BCUT2D eigenvalue weighted by Crippen LogP contribution is -2.25. The zero-order valence-corrected chi connectivity index (χ0v) is 13.2. The summed E-state index contributed by atoms with van der Waals surface area (Å²) in [7, 11) is 1.88. The van der Waals surface area contributed by atoms with Gasteiger partial charge in [0.15, 0.2) is 0 Å². The van der Waals surface area contributed by atoms with Crippen LogP contribution in [0.1, 0.15) is 19.4 Å². The van der Waals surface area contributed by atoms with Gasteiger partial charge in [0, 0.05) is 12.1 Å². The van der Waals surface area contributed by atoms with Gasteiger partial charge in [-0.15, -0.1) is 0 Å². The van der Waals surface area contributed by atoms with E-state index in [1.807, 2.05) is 39.1 Å². The molecule has 4 nitrogen and oxygen atoms in total. The number of nitrogens with one attached hydrogen (secondary N) is 1. The minimum Gasteiger partial charge on any atom is -0.489 e. The molecule has 0 aliphatic carbocycles. The van der Waals surface area contributed by atoms with Gasteiger partial charge in [0.2, 0.25) is 0 Å². The van der Waals surface area contributed by atoms with Crippen molar-refractivity contribution in [2.45, 2.75) is 32.6 Å². The summed E-state index contributed by atoms with van der Waals surface area (Å²) >= 11 is 3.46. The molecular weight excluding hydrogens is 310 g/mol. The SMILES string of the molecule is CNCc1cccc(Br)c1OCC(O)COC(C)C. The van der Waals surface area contributed by atoms with E-state index in [-0.39, 0.29) is 19.3 Å². The van der Waals surface area contributed by atoms with Gasteiger partial charge in [-0.1, -0.05) is 12.1 Å². The van der Waals surface area contributed by atoms with Crippen molar-refractivity contribution >= 4 is 15.9 Å². The Balaban J connectivity index is 2.56. The van der Waals surface area contributed by atoms with Crippen molar-refractivity contribution in [2.24, 2.45) is 0 Å². The summed E-state index contributed by atoms with van der Waals surface area (Å²) in [4.78, 5) is 0. The number of rotatable bonds is 8. The molecular formula is C14H22BrNO3. The molecule has 2 N–H and O–H groups in total. The van der Waals surface area contributed by atoms with E-state index in [1.165, 1.54) is 0 Å². The highest BCUT2D eigenvalue weighted by Crippen LogP contribution is 2.29. The Kier molecular flexibility index (Phi) is 7.38. The van der Waals surface area contributed by atoms with Crippen molar-refractivity contribution in [2.75, 3.05) is 20.3 Å². The normalized spacial score (nSPS) is 12.7. The average molecular weight is 332 g/mol. The van der Waals surface area contributed by atoms with E-state index in [0.29, 0.717) is 6.54 Å². The molecule has 1 aromatic carbocycles. The summed E-state index contributed by atoms with van der Waals surface area (Å²) < 4.78 is 11.9. The minimum atomic E-state index is -0.628. The van der Waals surface area contributed by atoms with Crippen LogP contribution in [0, 0.1) is 0 Å². The number of aliphatic hydroxyl groups excluding tert-OH is 1. The van der Waals surface area contributed by atoms with Crippen molar-refractivity contribution in [1.82, 2.24) is 5.32 Å². The largest absolute Gasteiger partial charge is 0.489 e. The van der Waals surface area contributed by atoms with Gasteiger partial charge >= 0.3 is 0 Å². The molecule has 0 spiro atoms. The lowest BCUT2D eigenvalue weighted by atomic mass is 10.2. The van der Waals surface area contributed by atoms with Crippen LogP contribution in [0.5, 0.6) is 5.75 Å². The monoisotopic (exact) mass is 331 g/mol. The molecule has 1 aromatic rings. The lowest BCUT2D eigenvalue weighted by Gasteiger charge is -2.17. The fourth-order valence-corrected chi connectivity index (χ4v) is 2.10. The van der Waals surface area contributed by atoms with Crippen LogP contribution in [-0.4, -0.2) is 37.6 Å². The van der Waals surface area contributed by atoms with Crippen LogP contribution in [-0.2, 0) is 11.3 Å². The highest BCUT2D eigenvalue weighted by molar-refractivity contribution is 9.10. The number of benzene rings is 1. The first-order valence-corrected chi connectivity index (χ1v) is 7.18. The third-order valence-electron chi connectivity index (χ3n) is 2.46. The van der Waals surface area contributed by atoms with E-state index < -0.39 is 6.10 Å². The second-order valence-corrected chi connectivity index (χ2v) is 5.46. The Hall–Kier alpha value is -0.620. The quantitative estimate of drug-likeness (QED) is 0.767. The summed E-state index contributed by atoms with van der Waals surface area (Å²) in [6.07, 6.45) is -0.519. The molecule has 0 amide bonds. The van der Waals surface area contributed by atoms with Gasteiger partial charge in [-0.25, -0.2) is 0 Å². The maximum atomic E-state index is 9.79. The molecule has 0 aliphatic rings. The van der Waals surface area contributed by atoms with Crippen molar-refractivity contribution in [3.63, 3.8) is 0 Å². The molecule has 0 saturated heterocycles. The van der Waals surface area contributed by atoms with Gasteiger partial charge in [0.05, 0.1) is 17.2 Å². The van der Waals surface area contributed by atoms with E-state index in [4.69, 9.17) is 9.47 Å². The molecule has 0 aliphatic heterocycles. The molecule has 19 heavy (non-hydrogen) atoms. The number of hydrogen-bond acceptors (Lipinski definition) is 4. The van der Waals surface area contributed by atoms with E-state index >= 15 is 0 Å². The smallest absolute Gasteiger partial charge is 0.138 e. The summed E-state index contributed by atoms with van der Waals surface area (Å²) in [6.45, 7) is 5.08. The van der Waals surface area contributed by atoms with Gasteiger partial charge < -0.3 is 19.9 Å². The zero-order chi connectivity index (χ0) is 14.3. The fourth-order valence-electron chi connectivity index (χ4n) is 1.58. The Bertz CT molecular complexity index is 385. The molecule has 1 unspecified atom stereocenters. The van der Waals surface area contributed by atoms with Crippen molar-refractivity contribution in [3.05, 3.63) is 28.2 Å². The highest BCUT2D eigenvalue weighted by atomic mass is 79.9. The van der Waals surface area contributed by atoms with E-state index in [9.17, 15) is 5.11 Å². The molecule has 1 atom stereocenters. The molecule has 1 rings (SSSR count). The molecule has 0 fully saturated rings. The predicted octanol–water partition coefficient (Wildman–Crippen LogP) is 2.33.